The summed E-state index contributed by atoms with van der Waals surface area (Å²) in [5.41, 5.74) is 4.13. The number of ether oxygens (including phenoxy) is 2. The first-order chi connectivity index (χ1) is 18.1. The van der Waals surface area contributed by atoms with Crippen LogP contribution < -0.4 is 9.64 Å². The number of benzene rings is 1. The highest BCUT2D eigenvalue weighted by Crippen LogP contribution is 2.41. The van der Waals surface area contributed by atoms with Gasteiger partial charge in [0.05, 0.1) is 23.9 Å². The summed E-state index contributed by atoms with van der Waals surface area (Å²) in [5.74, 6) is 0.956. The van der Waals surface area contributed by atoms with E-state index in [4.69, 9.17) is 31.0 Å². The SMILES string of the molecule is CCc1c(Cl)cccc1C1Cc2nc(OC[C@@]34CCCN3CC(F)C4)nc(N3CCCCCC3)c2CO1. The summed E-state index contributed by atoms with van der Waals surface area (Å²) in [6, 6.07) is 6.49. The van der Waals surface area contributed by atoms with Gasteiger partial charge in [0.15, 0.2) is 0 Å². The van der Waals surface area contributed by atoms with E-state index >= 15 is 0 Å². The molecule has 0 bridgehead atoms. The summed E-state index contributed by atoms with van der Waals surface area (Å²) in [5, 5.41) is 0.787. The molecule has 0 N–H and O–H groups in total. The van der Waals surface area contributed by atoms with E-state index in [0.29, 0.717) is 38.6 Å². The maximum Gasteiger partial charge on any atom is 0.318 e. The van der Waals surface area contributed by atoms with Crippen molar-refractivity contribution in [2.75, 3.05) is 37.7 Å². The quantitative estimate of drug-likeness (QED) is 0.469. The van der Waals surface area contributed by atoms with E-state index in [2.05, 4.69) is 22.8 Å². The highest BCUT2D eigenvalue weighted by Gasteiger charge is 2.49. The normalized spacial score (nSPS) is 28.1. The number of aromatic nitrogens is 2. The molecule has 0 radical (unpaired) electrons. The minimum absolute atomic E-state index is 0.105. The molecule has 3 fully saturated rings. The maximum absolute atomic E-state index is 14.3. The van der Waals surface area contributed by atoms with Crippen LogP contribution in [-0.4, -0.2) is 59.4 Å². The number of anilines is 1. The van der Waals surface area contributed by atoms with Gasteiger partial charge in [-0.15, -0.1) is 0 Å². The van der Waals surface area contributed by atoms with Crippen LogP contribution in [0.1, 0.15) is 80.4 Å². The Bertz CT molecular complexity index is 1130. The van der Waals surface area contributed by atoms with E-state index in [1.54, 1.807) is 0 Å². The van der Waals surface area contributed by atoms with E-state index in [-0.39, 0.29) is 11.6 Å². The standard InChI is InChI=1S/C29H38ClFN4O2/c1-2-21-22(9-7-10-24(21)30)26-15-25-23(18-36-26)27(34-12-5-3-4-6-13-34)33-28(32-25)37-19-29-11-8-14-35(29)17-20(31)16-29/h7,9-10,20,26H,2-6,8,11-19H2,1H3/t20?,26?,29-/m0/s1. The van der Waals surface area contributed by atoms with Crippen molar-refractivity contribution >= 4 is 17.4 Å². The lowest BCUT2D eigenvalue weighted by atomic mass is 9.94. The van der Waals surface area contributed by atoms with Gasteiger partial charge in [-0.2, -0.15) is 9.97 Å². The average molecular weight is 529 g/mol. The number of nitrogens with zero attached hydrogens (tertiary/aromatic N) is 4. The first-order valence-corrected chi connectivity index (χ1v) is 14.5. The highest BCUT2D eigenvalue weighted by molar-refractivity contribution is 6.31. The van der Waals surface area contributed by atoms with Gasteiger partial charge in [0, 0.05) is 43.1 Å². The number of hydrogen-bond donors (Lipinski definition) is 0. The molecule has 2 aromatic rings. The minimum atomic E-state index is -0.774. The zero-order valence-electron chi connectivity index (χ0n) is 21.9. The molecule has 2 unspecified atom stereocenters. The lowest BCUT2D eigenvalue weighted by Crippen LogP contribution is -2.43. The second-order valence-electron chi connectivity index (χ2n) is 11.2. The zero-order valence-corrected chi connectivity index (χ0v) is 22.6. The molecule has 200 valence electrons. The van der Waals surface area contributed by atoms with Crippen LogP contribution in [0.2, 0.25) is 5.02 Å². The summed E-state index contributed by atoms with van der Waals surface area (Å²) < 4.78 is 27.1. The molecule has 1 aromatic heterocycles. The Hall–Kier alpha value is -1.96. The van der Waals surface area contributed by atoms with Crippen molar-refractivity contribution in [2.45, 2.75) is 89.1 Å². The molecule has 3 saturated heterocycles. The Morgan fingerprint density at radius 3 is 2.78 bits per heavy atom. The summed E-state index contributed by atoms with van der Waals surface area (Å²) in [4.78, 5) is 14.6. The third-order valence-electron chi connectivity index (χ3n) is 8.85. The number of halogens is 2. The fourth-order valence-corrected chi connectivity index (χ4v) is 7.25. The summed E-state index contributed by atoms with van der Waals surface area (Å²) in [6.45, 7) is 6.49. The van der Waals surface area contributed by atoms with Gasteiger partial charge in [0.1, 0.15) is 18.6 Å². The van der Waals surface area contributed by atoms with Crippen molar-refractivity contribution in [1.29, 1.82) is 0 Å². The van der Waals surface area contributed by atoms with Crippen molar-refractivity contribution in [3.63, 3.8) is 0 Å². The van der Waals surface area contributed by atoms with Crippen LogP contribution in [0.15, 0.2) is 18.2 Å². The summed E-state index contributed by atoms with van der Waals surface area (Å²) in [7, 11) is 0. The van der Waals surface area contributed by atoms with Crippen molar-refractivity contribution in [2.24, 2.45) is 0 Å². The van der Waals surface area contributed by atoms with E-state index in [0.717, 1.165) is 85.0 Å². The van der Waals surface area contributed by atoms with Gasteiger partial charge < -0.3 is 14.4 Å². The molecule has 0 saturated carbocycles. The van der Waals surface area contributed by atoms with E-state index in [1.165, 1.54) is 12.8 Å². The van der Waals surface area contributed by atoms with Crippen molar-refractivity contribution in [3.8, 4) is 6.01 Å². The van der Waals surface area contributed by atoms with Crippen LogP contribution >= 0.6 is 11.6 Å². The lowest BCUT2D eigenvalue weighted by Gasteiger charge is -2.33. The molecule has 1 aromatic carbocycles. The number of fused-ring (bicyclic) bond motifs is 2. The monoisotopic (exact) mass is 528 g/mol. The fraction of sp³-hybridized carbons (Fsp3) is 0.655. The Kier molecular flexibility index (Phi) is 7.30. The van der Waals surface area contributed by atoms with Crippen LogP contribution in [0, 0.1) is 0 Å². The number of alkyl halides is 1. The summed E-state index contributed by atoms with van der Waals surface area (Å²) >= 11 is 6.54. The Morgan fingerprint density at radius 2 is 1.97 bits per heavy atom. The van der Waals surface area contributed by atoms with Gasteiger partial charge in [-0.05, 0) is 55.8 Å². The molecule has 6 nitrogen and oxygen atoms in total. The molecule has 37 heavy (non-hydrogen) atoms. The Labute approximate surface area is 224 Å². The topological polar surface area (TPSA) is 50.7 Å². The van der Waals surface area contributed by atoms with Gasteiger partial charge in [-0.25, -0.2) is 4.39 Å². The predicted octanol–water partition coefficient (Wildman–Crippen LogP) is 5.84. The van der Waals surface area contributed by atoms with Crippen molar-refractivity contribution in [3.05, 3.63) is 45.6 Å². The van der Waals surface area contributed by atoms with Gasteiger partial charge in [-0.3, -0.25) is 4.90 Å². The number of hydrogen-bond acceptors (Lipinski definition) is 6. The summed E-state index contributed by atoms with van der Waals surface area (Å²) in [6.07, 6.45) is 8.08. The average Bonchev–Trinajstić information content (AvgIpc) is 3.28. The van der Waals surface area contributed by atoms with Crippen molar-refractivity contribution in [1.82, 2.24) is 14.9 Å². The smallest absolute Gasteiger partial charge is 0.318 e. The van der Waals surface area contributed by atoms with Crippen LogP contribution in [0.4, 0.5) is 10.2 Å². The number of rotatable bonds is 6. The van der Waals surface area contributed by atoms with Gasteiger partial charge >= 0.3 is 6.01 Å². The molecule has 0 spiro atoms. The Morgan fingerprint density at radius 1 is 1.14 bits per heavy atom. The fourth-order valence-electron chi connectivity index (χ4n) is 6.94. The van der Waals surface area contributed by atoms with E-state index in [9.17, 15) is 4.39 Å². The zero-order chi connectivity index (χ0) is 25.4. The van der Waals surface area contributed by atoms with Crippen molar-refractivity contribution < 1.29 is 13.9 Å². The minimum Gasteiger partial charge on any atom is -0.461 e. The largest absolute Gasteiger partial charge is 0.461 e. The van der Waals surface area contributed by atoms with Crippen LogP contribution in [-0.2, 0) is 24.2 Å². The molecular weight excluding hydrogens is 491 g/mol. The maximum atomic E-state index is 14.3. The highest BCUT2D eigenvalue weighted by atomic mass is 35.5. The van der Waals surface area contributed by atoms with Crippen LogP contribution in [0.5, 0.6) is 6.01 Å². The molecule has 0 aliphatic carbocycles. The van der Waals surface area contributed by atoms with Gasteiger partial charge in [-0.1, -0.05) is 43.5 Å². The van der Waals surface area contributed by atoms with Crippen LogP contribution in [0.25, 0.3) is 0 Å². The first-order valence-electron chi connectivity index (χ1n) is 14.1. The third kappa shape index (κ3) is 4.95. The molecule has 5 heterocycles. The molecule has 4 aliphatic heterocycles. The van der Waals surface area contributed by atoms with E-state index in [1.807, 2.05) is 12.1 Å². The van der Waals surface area contributed by atoms with Gasteiger partial charge in [0.25, 0.3) is 0 Å². The molecule has 8 heteroatoms. The van der Waals surface area contributed by atoms with Crippen LogP contribution in [0.3, 0.4) is 0 Å². The Balaban J connectivity index is 1.31. The lowest BCUT2D eigenvalue weighted by molar-refractivity contribution is 0.0249. The first kappa shape index (κ1) is 25.3. The second-order valence-corrected chi connectivity index (χ2v) is 11.6. The van der Waals surface area contributed by atoms with E-state index < -0.39 is 6.17 Å². The third-order valence-corrected chi connectivity index (χ3v) is 9.20. The molecule has 4 aliphatic rings. The second kappa shape index (κ2) is 10.7. The molecule has 6 rings (SSSR count). The molecule has 3 atom stereocenters. The molecule has 0 amide bonds. The molecular formula is C29H38ClFN4O2. The predicted molar refractivity (Wildman–Crippen MR) is 143 cm³/mol. The van der Waals surface area contributed by atoms with Gasteiger partial charge in [0.2, 0.25) is 0 Å².